The molecule has 0 atom stereocenters. The third-order valence-corrected chi connectivity index (χ3v) is 4.10. The van der Waals surface area contributed by atoms with Crippen LogP contribution in [0.25, 0.3) is 10.1 Å². The summed E-state index contributed by atoms with van der Waals surface area (Å²) in [6.45, 7) is 1.44. The van der Waals surface area contributed by atoms with E-state index in [2.05, 4.69) is 33.8 Å². The number of aromatic nitrogens is 2. The molecule has 0 amide bonds. The molecule has 3 nitrogen and oxygen atoms in total. The van der Waals surface area contributed by atoms with Gasteiger partial charge in [-0.2, -0.15) is 0 Å². The Morgan fingerprint density at radius 1 is 1.29 bits per heavy atom. The SMILES string of the molecule is NCc1sc2ccccc2c1Cn1ccnc1. The zero-order valence-corrected chi connectivity index (χ0v) is 10.2. The van der Waals surface area contributed by atoms with Crippen molar-refractivity contribution in [2.24, 2.45) is 5.73 Å². The molecule has 1 aromatic carbocycles. The summed E-state index contributed by atoms with van der Waals surface area (Å²) in [6.07, 6.45) is 5.62. The van der Waals surface area contributed by atoms with Crippen molar-refractivity contribution < 1.29 is 0 Å². The number of fused-ring (bicyclic) bond motifs is 1. The first-order valence-electron chi connectivity index (χ1n) is 5.53. The fourth-order valence-electron chi connectivity index (χ4n) is 2.05. The van der Waals surface area contributed by atoms with Gasteiger partial charge < -0.3 is 10.3 Å². The highest BCUT2D eigenvalue weighted by atomic mass is 32.1. The minimum absolute atomic E-state index is 0.601. The lowest BCUT2D eigenvalue weighted by Crippen LogP contribution is -2.02. The van der Waals surface area contributed by atoms with Crippen LogP contribution in [0.5, 0.6) is 0 Å². The first kappa shape index (κ1) is 10.5. The lowest BCUT2D eigenvalue weighted by atomic mass is 10.1. The summed E-state index contributed by atoms with van der Waals surface area (Å²) in [5, 5.41) is 1.31. The van der Waals surface area contributed by atoms with Crippen LogP contribution in [-0.2, 0) is 13.1 Å². The van der Waals surface area contributed by atoms with Crippen molar-refractivity contribution in [3.8, 4) is 0 Å². The van der Waals surface area contributed by atoms with Crippen molar-refractivity contribution in [2.45, 2.75) is 13.1 Å². The number of benzene rings is 1. The molecule has 4 heteroatoms. The van der Waals surface area contributed by atoms with Crippen LogP contribution in [0.4, 0.5) is 0 Å². The molecular weight excluding hydrogens is 230 g/mol. The Bertz CT molecular complexity index is 625. The highest BCUT2D eigenvalue weighted by Crippen LogP contribution is 2.31. The molecule has 0 aliphatic carbocycles. The van der Waals surface area contributed by atoms with E-state index in [0.29, 0.717) is 6.54 Å². The van der Waals surface area contributed by atoms with Crippen LogP contribution in [0.1, 0.15) is 10.4 Å². The molecule has 0 fully saturated rings. The predicted octanol–water partition coefficient (Wildman–Crippen LogP) is 2.60. The quantitative estimate of drug-likeness (QED) is 0.768. The zero-order valence-electron chi connectivity index (χ0n) is 9.34. The van der Waals surface area contributed by atoms with E-state index in [1.54, 1.807) is 17.5 Å². The van der Waals surface area contributed by atoms with Crippen molar-refractivity contribution in [3.63, 3.8) is 0 Å². The molecule has 2 N–H and O–H groups in total. The van der Waals surface area contributed by atoms with Gasteiger partial charge in [0.15, 0.2) is 0 Å². The Kier molecular flexibility index (Phi) is 2.66. The molecule has 0 radical (unpaired) electrons. The first-order chi connectivity index (χ1) is 8.38. The molecule has 17 heavy (non-hydrogen) atoms. The van der Waals surface area contributed by atoms with Crippen LogP contribution in [0.2, 0.25) is 0 Å². The van der Waals surface area contributed by atoms with Gasteiger partial charge in [0.05, 0.1) is 12.9 Å². The highest BCUT2D eigenvalue weighted by Gasteiger charge is 2.10. The Morgan fingerprint density at radius 2 is 2.18 bits per heavy atom. The molecule has 0 bridgehead atoms. The number of hydrogen-bond acceptors (Lipinski definition) is 3. The van der Waals surface area contributed by atoms with Crippen molar-refractivity contribution in [1.29, 1.82) is 0 Å². The molecule has 86 valence electrons. The number of nitrogens with two attached hydrogens (primary N) is 1. The fourth-order valence-corrected chi connectivity index (χ4v) is 3.14. The van der Waals surface area contributed by atoms with E-state index in [-0.39, 0.29) is 0 Å². The maximum Gasteiger partial charge on any atom is 0.0949 e. The van der Waals surface area contributed by atoms with Crippen molar-refractivity contribution in [1.82, 2.24) is 9.55 Å². The number of rotatable bonds is 3. The summed E-state index contributed by atoms with van der Waals surface area (Å²) in [5.41, 5.74) is 7.15. The second kappa shape index (κ2) is 4.31. The largest absolute Gasteiger partial charge is 0.333 e. The van der Waals surface area contributed by atoms with Gasteiger partial charge in [0, 0.05) is 28.5 Å². The molecule has 0 spiro atoms. The summed E-state index contributed by atoms with van der Waals surface area (Å²) < 4.78 is 3.39. The summed E-state index contributed by atoms with van der Waals surface area (Å²) in [7, 11) is 0. The summed E-state index contributed by atoms with van der Waals surface area (Å²) in [6, 6.07) is 8.46. The zero-order chi connectivity index (χ0) is 11.7. The van der Waals surface area contributed by atoms with Crippen molar-refractivity contribution in [3.05, 3.63) is 53.4 Å². The Morgan fingerprint density at radius 3 is 2.94 bits per heavy atom. The molecule has 0 saturated carbocycles. The summed E-state index contributed by atoms with van der Waals surface area (Å²) in [4.78, 5) is 5.34. The number of imidazole rings is 1. The van der Waals surface area contributed by atoms with Gasteiger partial charge in [0.2, 0.25) is 0 Å². The number of nitrogens with zero attached hydrogens (tertiary/aromatic N) is 2. The maximum atomic E-state index is 5.83. The fraction of sp³-hybridized carbons (Fsp3) is 0.154. The lowest BCUT2D eigenvalue weighted by molar-refractivity contribution is 0.795. The average Bonchev–Trinajstić information content (AvgIpc) is 2.98. The number of hydrogen-bond donors (Lipinski definition) is 1. The van der Waals surface area contributed by atoms with Crippen LogP contribution in [0, 0.1) is 0 Å². The minimum Gasteiger partial charge on any atom is -0.333 e. The van der Waals surface area contributed by atoms with Crippen LogP contribution >= 0.6 is 11.3 Å². The van der Waals surface area contributed by atoms with E-state index in [9.17, 15) is 0 Å². The van der Waals surface area contributed by atoms with Crippen molar-refractivity contribution >= 4 is 21.4 Å². The third kappa shape index (κ3) is 1.85. The van der Waals surface area contributed by atoms with Crippen LogP contribution in [-0.4, -0.2) is 9.55 Å². The summed E-state index contributed by atoms with van der Waals surface area (Å²) >= 11 is 1.79. The molecule has 0 aliphatic heterocycles. The molecule has 3 aromatic rings. The number of thiophene rings is 1. The van der Waals surface area contributed by atoms with Gasteiger partial charge >= 0.3 is 0 Å². The third-order valence-electron chi connectivity index (χ3n) is 2.87. The van der Waals surface area contributed by atoms with Crippen LogP contribution < -0.4 is 5.73 Å². The molecule has 0 aliphatic rings. The topological polar surface area (TPSA) is 43.8 Å². The van der Waals surface area contributed by atoms with Gasteiger partial charge in [-0.05, 0) is 17.0 Å². The molecule has 0 saturated heterocycles. The molecule has 3 rings (SSSR count). The first-order valence-corrected chi connectivity index (χ1v) is 6.35. The van der Waals surface area contributed by atoms with Gasteiger partial charge in [-0.1, -0.05) is 18.2 Å². The summed E-state index contributed by atoms with van der Waals surface area (Å²) in [5.74, 6) is 0. The van der Waals surface area contributed by atoms with Gasteiger partial charge in [0.1, 0.15) is 0 Å². The van der Waals surface area contributed by atoms with Gasteiger partial charge in [-0.15, -0.1) is 11.3 Å². The Balaban J connectivity index is 2.12. The second-order valence-electron chi connectivity index (χ2n) is 3.94. The molecule has 2 heterocycles. The Hall–Kier alpha value is -1.65. The van der Waals surface area contributed by atoms with Crippen LogP contribution in [0.15, 0.2) is 43.0 Å². The van der Waals surface area contributed by atoms with E-state index in [4.69, 9.17) is 5.73 Å². The molecular formula is C13H13N3S. The van der Waals surface area contributed by atoms with Crippen molar-refractivity contribution in [2.75, 3.05) is 0 Å². The normalized spacial score (nSPS) is 11.1. The molecule has 0 unspecified atom stereocenters. The Labute approximate surface area is 104 Å². The average molecular weight is 243 g/mol. The van der Waals surface area contributed by atoms with E-state index in [1.807, 2.05) is 12.5 Å². The predicted molar refractivity (Wildman–Crippen MR) is 71.0 cm³/mol. The highest BCUT2D eigenvalue weighted by molar-refractivity contribution is 7.19. The van der Waals surface area contributed by atoms with E-state index in [1.165, 1.54) is 20.5 Å². The monoisotopic (exact) mass is 243 g/mol. The standard InChI is InChI=1S/C13H13N3S/c14-7-13-11(8-16-6-5-15-9-16)10-3-1-2-4-12(10)17-13/h1-6,9H,7-8,14H2. The van der Waals surface area contributed by atoms with Gasteiger partial charge in [-0.25, -0.2) is 4.98 Å². The van der Waals surface area contributed by atoms with Gasteiger partial charge in [0.25, 0.3) is 0 Å². The second-order valence-corrected chi connectivity index (χ2v) is 5.08. The minimum atomic E-state index is 0.601. The van der Waals surface area contributed by atoms with Crippen LogP contribution in [0.3, 0.4) is 0 Å². The lowest BCUT2D eigenvalue weighted by Gasteiger charge is -2.04. The van der Waals surface area contributed by atoms with E-state index in [0.717, 1.165) is 6.54 Å². The smallest absolute Gasteiger partial charge is 0.0949 e. The molecule has 2 aromatic heterocycles. The maximum absolute atomic E-state index is 5.83. The van der Waals surface area contributed by atoms with Gasteiger partial charge in [-0.3, -0.25) is 0 Å². The van der Waals surface area contributed by atoms with E-state index >= 15 is 0 Å². The van der Waals surface area contributed by atoms with E-state index < -0.39 is 0 Å².